The van der Waals surface area contributed by atoms with Crippen LogP contribution in [0.2, 0.25) is 0 Å². The van der Waals surface area contributed by atoms with Gasteiger partial charge in [0.05, 0.1) is 12.5 Å². The quantitative estimate of drug-likeness (QED) is 0.484. The Morgan fingerprint density at radius 2 is 1.71 bits per heavy atom. The first-order chi connectivity index (χ1) is 14.5. The third-order valence-corrected chi connectivity index (χ3v) is 5.18. The molecule has 0 aliphatic rings. The Hall–Kier alpha value is -3.07. The van der Waals surface area contributed by atoms with Crippen LogP contribution in [0.15, 0.2) is 59.5 Å². The number of alkyl carbamates (subject to hydrolysis) is 1. The molecular formula is C22H27NO7S. The van der Waals surface area contributed by atoms with Gasteiger partial charge in [0.1, 0.15) is 16.2 Å². The lowest BCUT2D eigenvalue weighted by Gasteiger charge is -2.21. The smallest absolute Gasteiger partial charge is 0.407 e. The molecule has 2 rings (SSSR count). The summed E-state index contributed by atoms with van der Waals surface area (Å²) in [7, 11) is -4.04. The van der Waals surface area contributed by atoms with Crippen LogP contribution in [-0.2, 0) is 24.4 Å². The molecule has 2 aromatic carbocycles. The maximum atomic E-state index is 12.5. The van der Waals surface area contributed by atoms with Crippen molar-refractivity contribution >= 4 is 22.2 Å². The van der Waals surface area contributed by atoms with E-state index in [1.165, 1.54) is 24.3 Å². The molecule has 0 radical (unpaired) electrons. The molecule has 1 amide bonds. The van der Waals surface area contributed by atoms with Crippen molar-refractivity contribution in [2.45, 2.75) is 44.1 Å². The summed E-state index contributed by atoms with van der Waals surface area (Å²) < 4.78 is 40.5. The molecule has 0 aliphatic carbocycles. The minimum Gasteiger partial charge on any atom is -0.465 e. The minimum absolute atomic E-state index is 0.00828. The van der Waals surface area contributed by atoms with Crippen molar-refractivity contribution in [3.8, 4) is 5.75 Å². The van der Waals surface area contributed by atoms with Crippen LogP contribution in [0.5, 0.6) is 5.75 Å². The number of carbonyl (C=O) groups excluding carboxylic acids is 2. The number of carbonyl (C=O) groups is 2. The molecule has 0 aromatic heterocycles. The van der Waals surface area contributed by atoms with E-state index in [0.717, 1.165) is 0 Å². The Balaban J connectivity index is 2.22. The van der Waals surface area contributed by atoms with Crippen molar-refractivity contribution < 1.29 is 31.7 Å². The zero-order valence-electron chi connectivity index (χ0n) is 18.0. The van der Waals surface area contributed by atoms with Gasteiger partial charge in [-0.1, -0.05) is 30.3 Å². The highest BCUT2D eigenvalue weighted by Gasteiger charge is 2.25. The van der Waals surface area contributed by atoms with Gasteiger partial charge in [-0.25, -0.2) is 4.79 Å². The largest absolute Gasteiger partial charge is 0.465 e. The number of rotatable bonds is 8. The maximum Gasteiger partial charge on any atom is 0.407 e. The van der Waals surface area contributed by atoms with Gasteiger partial charge in [0.25, 0.3) is 0 Å². The molecule has 168 valence electrons. The van der Waals surface area contributed by atoms with E-state index in [1.807, 2.05) is 0 Å². The van der Waals surface area contributed by atoms with Gasteiger partial charge in [0.15, 0.2) is 0 Å². The van der Waals surface area contributed by atoms with Crippen LogP contribution in [0.25, 0.3) is 0 Å². The second kappa shape index (κ2) is 10.3. The average molecular weight is 450 g/mol. The summed E-state index contributed by atoms with van der Waals surface area (Å²) in [5.41, 5.74) is -0.265. The molecule has 0 heterocycles. The van der Waals surface area contributed by atoms with Crippen molar-refractivity contribution in [1.82, 2.24) is 5.32 Å². The van der Waals surface area contributed by atoms with E-state index in [1.54, 1.807) is 58.0 Å². The van der Waals surface area contributed by atoms with Gasteiger partial charge in [-0.05, 0) is 57.5 Å². The lowest BCUT2D eigenvalue weighted by Crippen LogP contribution is -2.36. The van der Waals surface area contributed by atoms with Crippen LogP contribution in [0, 0.1) is 0 Å². The highest BCUT2D eigenvalue weighted by atomic mass is 32.2. The zero-order chi connectivity index (χ0) is 23.1. The highest BCUT2D eigenvalue weighted by Crippen LogP contribution is 2.25. The molecule has 0 fully saturated rings. The predicted octanol–water partition coefficient (Wildman–Crippen LogP) is 3.63. The number of benzene rings is 2. The van der Waals surface area contributed by atoms with Gasteiger partial charge in [-0.2, -0.15) is 8.42 Å². The molecule has 0 saturated carbocycles. The SMILES string of the molecule is CCOC(=O)C(CNC(=O)OC(C)(C)C)c1cccc(OS(=O)(=O)c2ccccc2)c1. The van der Waals surface area contributed by atoms with E-state index in [4.69, 9.17) is 13.7 Å². The van der Waals surface area contributed by atoms with Crippen LogP contribution >= 0.6 is 0 Å². The van der Waals surface area contributed by atoms with Crippen LogP contribution in [-0.4, -0.2) is 39.2 Å². The van der Waals surface area contributed by atoms with Gasteiger partial charge in [0.2, 0.25) is 0 Å². The summed E-state index contributed by atoms with van der Waals surface area (Å²) in [6.45, 7) is 6.90. The maximum absolute atomic E-state index is 12.5. The summed E-state index contributed by atoms with van der Waals surface area (Å²) in [6.07, 6.45) is -0.680. The van der Waals surface area contributed by atoms with E-state index in [9.17, 15) is 18.0 Å². The molecule has 0 aliphatic heterocycles. The normalized spacial score (nSPS) is 12.5. The minimum atomic E-state index is -4.04. The third-order valence-electron chi connectivity index (χ3n) is 3.92. The summed E-state index contributed by atoms with van der Waals surface area (Å²) >= 11 is 0. The number of nitrogens with one attached hydrogen (secondary N) is 1. The van der Waals surface area contributed by atoms with Gasteiger partial charge < -0.3 is 19.0 Å². The van der Waals surface area contributed by atoms with E-state index in [0.29, 0.717) is 5.56 Å². The first kappa shape index (κ1) is 24.2. The van der Waals surface area contributed by atoms with Crippen molar-refractivity contribution in [1.29, 1.82) is 0 Å². The molecule has 31 heavy (non-hydrogen) atoms. The van der Waals surface area contributed by atoms with Crippen LogP contribution in [0.3, 0.4) is 0 Å². The fourth-order valence-electron chi connectivity index (χ4n) is 2.62. The molecule has 8 nitrogen and oxygen atoms in total. The number of esters is 1. The van der Waals surface area contributed by atoms with Crippen LogP contribution < -0.4 is 9.50 Å². The Bertz CT molecular complexity index is 998. The molecule has 0 saturated heterocycles. The van der Waals surface area contributed by atoms with Crippen molar-refractivity contribution in [2.24, 2.45) is 0 Å². The highest BCUT2D eigenvalue weighted by molar-refractivity contribution is 7.87. The fourth-order valence-corrected chi connectivity index (χ4v) is 3.57. The Labute approximate surface area is 182 Å². The first-order valence-corrected chi connectivity index (χ1v) is 11.2. The Kier molecular flexibility index (Phi) is 8.04. The topological polar surface area (TPSA) is 108 Å². The van der Waals surface area contributed by atoms with Gasteiger partial charge in [-0.15, -0.1) is 0 Å². The van der Waals surface area contributed by atoms with Crippen molar-refractivity contribution in [3.05, 3.63) is 60.2 Å². The molecule has 2 aromatic rings. The van der Waals surface area contributed by atoms with E-state index >= 15 is 0 Å². The molecule has 1 atom stereocenters. The number of amides is 1. The second-order valence-electron chi connectivity index (χ2n) is 7.61. The van der Waals surface area contributed by atoms with Gasteiger partial charge in [-0.3, -0.25) is 4.79 Å². The van der Waals surface area contributed by atoms with E-state index in [-0.39, 0.29) is 23.8 Å². The summed E-state index contributed by atoms with van der Waals surface area (Å²) in [5.74, 6) is -1.41. The zero-order valence-corrected chi connectivity index (χ0v) is 18.8. The predicted molar refractivity (Wildman–Crippen MR) is 114 cm³/mol. The van der Waals surface area contributed by atoms with Crippen LogP contribution in [0.1, 0.15) is 39.2 Å². The number of hydrogen-bond donors (Lipinski definition) is 1. The number of ether oxygens (including phenoxy) is 2. The summed E-state index contributed by atoms with van der Waals surface area (Å²) in [5, 5.41) is 2.55. The third kappa shape index (κ3) is 7.60. The summed E-state index contributed by atoms with van der Waals surface area (Å²) in [4.78, 5) is 24.5. The Morgan fingerprint density at radius 1 is 1.03 bits per heavy atom. The van der Waals surface area contributed by atoms with Gasteiger partial charge in [0, 0.05) is 6.54 Å². The standard InChI is InChI=1S/C22H27NO7S/c1-5-28-20(24)19(15-23-21(25)29-22(2,3)4)16-10-9-11-17(14-16)30-31(26,27)18-12-7-6-8-13-18/h6-14,19H,5,15H2,1-4H3,(H,23,25). The lowest BCUT2D eigenvalue weighted by atomic mass is 9.99. The fraction of sp³-hybridized carbons (Fsp3) is 0.364. The van der Waals surface area contributed by atoms with Crippen molar-refractivity contribution in [3.63, 3.8) is 0 Å². The Morgan fingerprint density at radius 3 is 2.32 bits per heavy atom. The van der Waals surface area contributed by atoms with E-state index < -0.39 is 33.7 Å². The van der Waals surface area contributed by atoms with E-state index in [2.05, 4.69) is 5.32 Å². The lowest BCUT2D eigenvalue weighted by molar-refractivity contribution is -0.144. The second-order valence-corrected chi connectivity index (χ2v) is 9.16. The molecule has 9 heteroatoms. The summed E-state index contributed by atoms with van der Waals surface area (Å²) in [6, 6.07) is 13.8. The molecule has 1 N–H and O–H groups in total. The monoisotopic (exact) mass is 449 g/mol. The average Bonchev–Trinajstić information content (AvgIpc) is 2.68. The number of hydrogen-bond acceptors (Lipinski definition) is 7. The molecular weight excluding hydrogens is 422 g/mol. The molecule has 0 spiro atoms. The molecule has 1 unspecified atom stereocenters. The van der Waals surface area contributed by atoms with Crippen molar-refractivity contribution in [2.75, 3.05) is 13.2 Å². The first-order valence-electron chi connectivity index (χ1n) is 9.75. The molecule has 0 bridgehead atoms. The van der Waals surface area contributed by atoms with Crippen LogP contribution in [0.4, 0.5) is 4.79 Å². The van der Waals surface area contributed by atoms with Gasteiger partial charge >= 0.3 is 22.2 Å².